The minimum atomic E-state index is 0.818. The van der Waals surface area contributed by atoms with Crippen LogP contribution in [-0.2, 0) is 0 Å². The van der Waals surface area contributed by atoms with Crippen molar-refractivity contribution in [1.29, 1.82) is 0 Å². The lowest BCUT2D eigenvalue weighted by Crippen LogP contribution is -1.92. The van der Waals surface area contributed by atoms with E-state index in [1.54, 1.807) is 0 Å². The second-order valence-electron chi connectivity index (χ2n) is 14.7. The second kappa shape index (κ2) is 12.4. The van der Waals surface area contributed by atoms with E-state index in [0.717, 1.165) is 111 Å². The molecule has 0 saturated heterocycles. The van der Waals surface area contributed by atoms with Gasteiger partial charge in [0.1, 0.15) is 22.3 Å². The average Bonchev–Trinajstić information content (AvgIpc) is 3.96. The summed E-state index contributed by atoms with van der Waals surface area (Å²) in [6, 6.07) is 68.3. The van der Waals surface area contributed by atoms with Crippen molar-refractivity contribution in [3.63, 3.8) is 0 Å². The summed E-state index contributed by atoms with van der Waals surface area (Å²) in [6.07, 6.45) is 0. The van der Waals surface area contributed by atoms with Gasteiger partial charge in [-0.15, -0.1) is 0 Å². The number of benzene rings is 8. The molecule has 0 amide bonds. The van der Waals surface area contributed by atoms with Crippen LogP contribution in [0, 0.1) is 0 Å². The van der Waals surface area contributed by atoms with E-state index < -0.39 is 0 Å². The van der Waals surface area contributed by atoms with Crippen molar-refractivity contribution in [3.05, 3.63) is 194 Å². The van der Waals surface area contributed by atoms with Crippen molar-refractivity contribution < 1.29 is 8.83 Å². The predicted octanol–water partition coefficient (Wildman–Crippen LogP) is 14.6. The molecule has 0 fully saturated rings. The summed E-state index contributed by atoms with van der Waals surface area (Å²) >= 11 is 0. The molecule has 12 rings (SSSR count). The van der Waals surface area contributed by atoms with E-state index in [9.17, 15) is 0 Å². The van der Waals surface area contributed by atoms with Crippen LogP contribution in [0.5, 0.6) is 0 Å². The van der Waals surface area contributed by atoms with Gasteiger partial charge in [-0.3, -0.25) is 0 Å². The molecule has 0 N–H and O–H groups in total. The Morgan fingerprint density at radius 3 is 1.88 bits per heavy atom. The third-order valence-corrected chi connectivity index (χ3v) is 11.4. The Morgan fingerprint density at radius 2 is 1.00 bits per heavy atom. The zero-order chi connectivity index (χ0) is 37.5. The third-order valence-electron chi connectivity index (χ3n) is 11.4. The molecule has 0 radical (unpaired) electrons. The Balaban J connectivity index is 1.10. The molecule has 0 spiro atoms. The number of hydrogen-bond donors (Lipinski definition) is 0. The Hall–Kier alpha value is -7.69. The highest BCUT2D eigenvalue weighted by Gasteiger charge is 2.21. The summed E-state index contributed by atoms with van der Waals surface area (Å²) in [7, 11) is 0. The second-order valence-corrected chi connectivity index (χ2v) is 14.7. The Labute approximate surface area is 327 Å². The molecule has 4 heteroatoms. The summed E-state index contributed by atoms with van der Waals surface area (Å²) in [5, 5.41) is 6.60. The van der Waals surface area contributed by atoms with Gasteiger partial charge in [0.05, 0.1) is 27.8 Å². The van der Waals surface area contributed by atoms with Crippen LogP contribution in [0.1, 0.15) is 0 Å². The Bertz CT molecular complexity index is 3520. The highest BCUT2D eigenvalue weighted by atomic mass is 16.3. The van der Waals surface area contributed by atoms with Gasteiger partial charge in [0.25, 0.3) is 0 Å². The van der Waals surface area contributed by atoms with Gasteiger partial charge in [-0.05, 0) is 95.1 Å². The largest absolute Gasteiger partial charge is 0.456 e. The van der Waals surface area contributed by atoms with Gasteiger partial charge in [0.15, 0.2) is 0 Å². The van der Waals surface area contributed by atoms with Gasteiger partial charge in [-0.2, -0.15) is 0 Å². The Morgan fingerprint density at radius 1 is 0.351 bits per heavy atom. The molecule has 0 bridgehead atoms. The molecule has 0 saturated carbocycles. The molecule has 0 aliphatic carbocycles. The average molecular weight is 729 g/mol. The molecular weight excluding hydrogens is 697 g/mol. The lowest BCUT2D eigenvalue weighted by molar-refractivity contribution is 0.669. The van der Waals surface area contributed by atoms with Crippen LogP contribution in [0.25, 0.3) is 116 Å². The summed E-state index contributed by atoms with van der Waals surface area (Å²) in [5.41, 5.74) is 14.9. The zero-order valence-electron chi connectivity index (χ0n) is 30.7. The molecule has 266 valence electrons. The van der Waals surface area contributed by atoms with Crippen molar-refractivity contribution in [2.45, 2.75) is 0 Å². The lowest BCUT2D eigenvalue weighted by Gasteiger charge is -2.12. The van der Waals surface area contributed by atoms with E-state index in [4.69, 9.17) is 13.8 Å². The van der Waals surface area contributed by atoms with E-state index in [2.05, 4.69) is 187 Å². The van der Waals surface area contributed by atoms with Gasteiger partial charge >= 0.3 is 0 Å². The molecule has 12 aromatic rings. The number of para-hydroxylation sites is 4. The summed E-state index contributed by atoms with van der Waals surface area (Å²) in [6.45, 7) is 0. The molecule has 0 aliphatic rings. The van der Waals surface area contributed by atoms with Crippen LogP contribution in [-0.4, -0.2) is 9.55 Å². The van der Waals surface area contributed by atoms with Crippen LogP contribution in [0.4, 0.5) is 0 Å². The monoisotopic (exact) mass is 728 g/mol. The number of fused-ring (bicyclic) bond motifs is 10. The van der Waals surface area contributed by atoms with Crippen molar-refractivity contribution >= 4 is 65.7 Å². The molecule has 4 nitrogen and oxygen atoms in total. The normalized spacial score (nSPS) is 11.9. The minimum absolute atomic E-state index is 0.818. The maximum atomic E-state index is 7.10. The van der Waals surface area contributed by atoms with Crippen molar-refractivity contribution in [1.82, 2.24) is 9.55 Å². The highest BCUT2D eigenvalue weighted by molar-refractivity contribution is 6.24. The highest BCUT2D eigenvalue weighted by Crippen LogP contribution is 2.44. The van der Waals surface area contributed by atoms with Crippen LogP contribution < -0.4 is 0 Å². The van der Waals surface area contributed by atoms with E-state index in [0.29, 0.717) is 0 Å². The fourth-order valence-electron chi connectivity index (χ4n) is 8.74. The molecule has 57 heavy (non-hydrogen) atoms. The van der Waals surface area contributed by atoms with E-state index in [1.807, 2.05) is 12.1 Å². The molecule has 8 aromatic carbocycles. The van der Waals surface area contributed by atoms with Gasteiger partial charge < -0.3 is 13.4 Å². The first-order valence-electron chi connectivity index (χ1n) is 19.3. The number of furan rings is 2. The number of aromatic nitrogens is 2. The maximum absolute atomic E-state index is 7.10. The SMILES string of the molecule is c1ccc(-c2cccc(-c3cc(-c4ccc5c(c4)oc4ccccc45)nc(-c4cccc5c4oc4c5ccc5c4c4ccccc4n5-c4ccccc4)c3)c2)cc1. The summed E-state index contributed by atoms with van der Waals surface area (Å²) in [4.78, 5) is 5.41. The number of pyridine rings is 1. The van der Waals surface area contributed by atoms with E-state index in [1.165, 1.54) is 5.56 Å². The van der Waals surface area contributed by atoms with E-state index >= 15 is 0 Å². The quantitative estimate of drug-likeness (QED) is 0.177. The number of hydrogen-bond acceptors (Lipinski definition) is 3. The Kier molecular flexibility index (Phi) is 6.89. The minimum Gasteiger partial charge on any atom is -0.456 e. The smallest absolute Gasteiger partial charge is 0.145 e. The molecule has 4 heterocycles. The first-order chi connectivity index (χ1) is 28.2. The molecule has 0 atom stereocenters. The maximum Gasteiger partial charge on any atom is 0.145 e. The first kappa shape index (κ1) is 31.6. The summed E-state index contributed by atoms with van der Waals surface area (Å²) < 4.78 is 15.8. The van der Waals surface area contributed by atoms with Crippen LogP contribution in [0.3, 0.4) is 0 Å². The van der Waals surface area contributed by atoms with Crippen molar-refractivity contribution in [2.75, 3.05) is 0 Å². The van der Waals surface area contributed by atoms with Gasteiger partial charge in [0.2, 0.25) is 0 Å². The fourth-order valence-corrected chi connectivity index (χ4v) is 8.74. The predicted molar refractivity (Wildman–Crippen MR) is 235 cm³/mol. The van der Waals surface area contributed by atoms with Gasteiger partial charge in [-0.25, -0.2) is 4.98 Å². The van der Waals surface area contributed by atoms with Crippen molar-refractivity contribution in [2.24, 2.45) is 0 Å². The molecule has 0 unspecified atom stereocenters. The van der Waals surface area contributed by atoms with Crippen LogP contribution in [0.2, 0.25) is 0 Å². The van der Waals surface area contributed by atoms with Gasteiger partial charge in [-0.1, -0.05) is 121 Å². The van der Waals surface area contributed by atoms with E-state index in [-0.39, 0.29) is 0 Å². The van der Waals surface area contributed by atoms with Crippen LogP contribution in [0.15, 0.2) is 203 Å². The number of rotatable bonds is 5. The summed E-state index contributed by atoms with van der Waals surface area (Å²) in [5.74, 6) is 0. The van der Waals surface area contributed by atoms with Gasteiger partial charge in [0, 0.05) is 43.7 Å². The third kappa shape index (κ3) is 4.98. The molecular formula is C53H32N2O2. The standard InChI is InChI=1S/C53H32N2O2/c1-3-13-33(14-4-1)34-15-11-16-35(29-34)37-30-45(36-25-26-40-39-19-8-10-24-49(39)56-50(40)32-36)54-46(31-37)43-22-12-21-41-42-27-28-48-51(53(42)57-52(41)43)44-20-7-9-23-47(44)55(48)38-17-5-2-6-18-38/h1-32H. The topological polar surface area (TPSA) is 44.1 Å². The lowest BCUT2D eigenvalue weighted by atomic mass is 9.96. The molecule has 4 aromatic heterocycles. The molecule has 0 aliphatic heterocycles. The first-order valence-corrected chi connectivity index (χ1v) is 19.3. The van der Waals surface area contributed by atoms with Crippen LogP contribution >= 0.6 is 0 Å². The zero-order valence-corrected chi connectivity index (χ0v) is 30.7. The number of nitrogens with zero attached hydrogens (tertiary/aromatic N) is 2. The van der Waals surface area contributed by atoms with Crippen molar-refractivity contribution in [3.8, 4) is 50.5 Å². The fraction of sp³-hybridized carbons (Fsp3) is 0.